The van der Waals surface area contributed by atoms with Crippen molar-refractivity contribution in [1.82, 2.24) is 4.98 Å². The van der Waals surface area contributed by atoms with Gasteiger partial charge in [0.05, 0.1) is 8.07 Å². The fraction of sp³-hybridized carbons (Fsp3) is 0.615. The minimum absolute atomic E-state index is 1.17. The maximum atomic E-state index is 4.63. The summed E-state index contributed by atoms with van der Waals surface area (Å²) in [5.74, 6) is 1.17. The monoisotopic (exact) mass is 234 g/mol. The summed E-state index contributed by atoms with van der Waals surface area (Å²) in [6, 6.07) is 4.49. The molecule has 0 aromatic carbocycles. The van der Waals surface area contributed by atoms with Crippen LogP contribution >= 0.6 is 0 Å². The average molecular weight is 234 g/mol. The SMILES string of the molecule is C[Si](C)(C)c1ccc(N2CCCCC2)nc1. The van der Waals surface area contributed by atoms with Crippen molar-refractivity contribution in [2.45, 2.75) is 38.9 Å². The van der Waals surface area contributed by atoms with E-state index in [1.54, 1.807) is 0 Å². The zero-order valence-electron chi connectivity index (χ0n) is 10.7. The van der Waals surface area contributed by atoms with Gasteiger partial charge in [-0.05, 0) is 30.5 Å². The molecule has 0 spiro atoms. The predicted octanol–water partition coefficient (Wildman–Crippen LogP) is 2.62. The molecule has 3 heteroatoms. The summed E-state index contributed by atoms with van der Waals surface area (Å²) in [7, 11) is -1.19. The normalized spacial score (nSPS) is 17.6. The summed E-state index contributed by atoms with van der Waals surface area (Å²) in [6.45, 7) is 9.46. The van der Waals surface area contributed by atoms with E-state index in [1.165, 1.54) is 43.4 Å². The van der Waals surface area contributed by atoms with Gasteiger partial charge in [-0.15, -0.1) is 0 Å². The first-order valence-electron chi connectivity index (χ1n) is 6.29. The van der Waals surface area contributed by atoms with Gasteiger partial charge in [0.1, 0.15) is 5.82 Å². The van der Waals surface area contributed by atoms with Gasteiger partial charge in [0.2, 0.25) is 0 Å². The molecule has 1 aliphatic heterocycles. The van der Waals surface area contributed by atoms with E-state index in [0.29, 0.717) is 0 Å². The largest absolute Gasteiger partial charge is 0.357 e. The van der Waals surface area contributed by atoms with Crippen molar-refractivity contribution >= 4 is 19.1 Å². The first-order chi connectivity index (χ1) is 7.57. The molecule has 0 radical (unpaired) electrons. The summed E-state index contributed by atoms with van der Waals surface area (Å²) < 4.78 is 0. The highest BCUT2D eigenvalue weighted by atomic mass is 28.3. The van der Waals surface area contributed by atoms with Gasteiger partial charge >= 0.3 is 0 Å². The smallest absolute Gasteiger partial charge is 0.128 e. The molecule has 88 valence electrons. The molecular weight excluding hydrogens is 212 g/mol. The lowest BCUT2D eigenvalue weighted by Crippen LogP contribution is -2.38. The first-order valence-corrected chi connectivity index (χ1v) is 9.79. The van der Waals surface area contributed by atoms with E-state index < -0.39 is 8.07 Å². The Hall–Kier alpha value is -0.833. The van der Waals surface area contributed by atoms with Gasteiger partial charge in [-0.25, -0.2) is 4.98 Å². The van der Waals surface area contributed by atoms with Crippen molar-refractivity contribution in [3.05, 3.63) is 18.3 Å². The van der Waals surface area contributed by atoms with Gasteiger partial charge < -0.3 is 4.90 Å². The number of hydrogen-bond acceptors (Lipinski definition) is 2. The van der Waals surface area contributed by atoms with E-state index in [1.807, 2.05) is 0 Å². The predicted molar refractivity (Wildman–Crippen MR) is 73.3 cm³/mol. The molecule has 1 fully saturated rings. The molecular formula is C13H22N2Si. The Morgan fingerprint density at radius 2 is 1.75 bits per heavy atom. The molecule has 1 aromatic rings. The Kier molecular flexibility index (Phi) is 3.33. The Balaban J connectivity index is 2.12. The molecule has 0 bridgehead atoms. The second-order valence-electron chi connectivity index (χ2n) is 5.70. The Bertz CT molecular complexity index is 334. The van der Waals surface area contributed by atoms with Gasteiger partial charge in [0, 0.05) is 19.3 Å². The number of nitrogens with zero attached hydrogens (tertiary/aromatic N) is 2. The van der Waals surface area contributed by atoms with E-state index in [2.05, 4.69) is 47.9 Å². The summed E-state index contributed by atoms with van der Waals surface area (Å²) in [6.07, 6.45) is 6.11. The van der Waals surface area contributed by atoms with Crippen LogP contribution < -0.4 is 10.1 Å². The van der Waals surface area contributed by atoms with E-state index in [0.717, 1.165) is 0 Å². The average Bonchev–Trinajstić information content (AvgIpc) is 2.29. The fourth-order valence-corrected chi connectivity index (χ4v) is 3.17. The lowest BCUT2D eigenvalue weighted by Gasteiger charge is -2.28. The van der Waals surface area contributed by atoms with Crippen LogP contribution in [0.25, 0.3) is 0 Å². The molecule has 2 heterocycles. The van der Waals surface area contributed by atoms with Gasteiger partial charge in [-0.2, -0.15) is 0 Å². The van der Waals surface area contributed by atoms with Crippen molar-refractivity contribution in [3.63, 3.8) is 0 Å². The van der Waals surface area contributed by atoms with Crippen molar-refractivity contribution in [2.24, 2.45) is 0 Å². The topological polar surface area (TPSA) is 16.1 Å². The van der Waals surface area contributed by atoms with Crippen LogP contribution in [0.3, 0.4) is 0 Å². The highest BCUT2D eigenvalue weighted by molar-refractivity contribution is 6.88. The third kappa shape index (κ3) is 2.64. The molecule has 1 aromatic heterocycles. The minimum Gasteiger partial charge on any atom is -0.357 e. The highest BCUT2D eigenvalue weighted by Gasteiger charge is 2.17. The van der Waals surface area contributed by atoms with Crippen LogP contribution in [-0.4, -0.2) is 26.1 Å². The molecule has 16 heavy (non-hydrogen) atoms. The van der Waals surface area contributed by atoms with Crippen molar-refractivity contribution < 1.29 is 0 Å². The Morgan fingerprint density at radius 1 is 1.06 bits per heavy atom. The van der Waals surface area contributed by atoms with E-state index in [9.17, 15) is 0 Å². The van der Waals surface area contributed by atoms with Gasteiger partial charge in [0.15, 0.2) is 0 Å². The summed E-state index contributed by atoms with van der Waals surface area (Å²) in [4.78, 5) is 7.04. The maximum Gasteiger partial charge on any atom is 0.128 e. The number of anilines is 1. The van der Waals surface area contributed by atoms with Crippen molar-refractivity contribution in [2.75, 3.05) is 18.0 Å². The van der Waals surface area contributed by atoms with Crippen LogP contribution in [0.4, 0.5) is 5.82 Å². The van der Waals surface area contributed by atoms with Gasteiger partial charge in [-0.3, -0.25) is 0 Å². The van der Waals surface area contributed by atoms with Crippen LogP contribution in [0.5, 0.6) is 0 Å². The zero-order valence-corrected chi connectivity index (χ0v) is 11.7. The van der Waals surface area contributed by atoms with Crippen LogP contribution in [0, 0.1) is 0 Å². The maximum absolute atomic E-state index is 4.63. The minimum atomic E-state index is -1.19. The summed E-state index contributed by atoms with van der Waals surface area (Å²) >= 11 is 0. The van der Waals surface area contributed by atoms with Crippen LogP contribution in [0.1, 0.15) is 19.3 Å². The summed E-state index contributed by atoms with van der Waals surface area (Å²) in [5, 5.41) is 1.45. The van der Waals surface area contributed by atoms with Crippen LogP contribution in [-0.2, 0) is 0 Å². The molecule has 0 aliphatic carbocycles. The van der Waals surface area contributed by atoms with Crippen molar-refractivity contribution in [1.29, 1.82) is 0 Å². The second kappa shape index (κ2) is 4.58. The molecule has 1 saturated heterocycles. The standard InChI is InChI=1S/C13H22N2Si/c1-16(2,3)12-7-8-13(14-11-12)15-9-5-4-6-10-15/h7-8,11H,4-6,9-10H2,1-3H3. The van der Waals surface area contributed by atoms with Crippen LogP contribution in [0.15, 0.2) is 18.3 Å². The Morgan fingerprint density at radius 3 is 2.25 bits per heavy atom. The molecule has 2 rings (SSSR count). The highest BCUT2D eigenvalue weighted by Crippen LogP contribution is 2.16. The van der Waals surface area contributed by atoms with E-state index in [-0.39, 0.29) is 0 Å². The second-order valence-corrected chi connectivity index (χ2v) is 10.8. The molecule has 1 aliphatic rings. The lowest BCUT2D eigenvalue weighted by molar-refractivity contribution is 0.573. The van der Waals surface area contributed by atoms with E-state index in [4.69, 9.17) is 0 Å². The van der Waals surface area contributed by atoms with Crippen molar-refractivity contribution in [3.8, 4) is 0 Å². The number of rotatable bonds is 2. The van der Waals surface area contributed by atoms with E-state index >= 15 is 0 Å². The third-order valence-corrected chi connectivity index (χ3v) is 5.32. The molecule has 0 atom stereocenters. The quantitative estimate of drug-likeness (QED) is 0.731. The van der Waals surface area contributed by atoms with Crippen LogP contribution in [0.2, 0.25) is 19.6 Å². The summed E-state index contributed by atoms with van der Waals surface area (Å²) in [5.41, 5.74) is 0. The molecule has 0 amide bonds. The third-order valence-electron chi connectivity index (χ3n) is 3.29. The first kappa shape index (κ1) is 11.6. The number of pyridine rings is 1. The van der Waals surface area contributed by atoms with Gasteiger partial charge in [0.25, 0.3) is 0 Å². The number of aromatic nitrogens is 1. The molecule has 0 saturated carbocycles. The molecule has 0 N–H and O–H groups in total. The molecule has 0 unspecified atom stereocenters. The number of piperidine rings is 1. The Labute approximate surface area is 99.7 Å². The fourth-order valence-electron chi connectivity index (χ4n) is 2.14. The lowest BCUT2D eigenvalue weighted by atomic mass is 10.1. The van der Waals surface area contributed by atoms with Gasteiger partial charge in [-0.1, -0.05) is 25.7 Å². The number of hydrogen-bond donors (Lipinski definition) is 0. The molecule has 2 nitrogen and oxygen atoms in total. The zero-order chi connectivity index (χ0) is 11.6.